The van der Waals surface area contributed by atoms with Crippen molar-refractivity contribution in [2.24, 2.45) is 0 Å². The van der Waals surface area contributed by atoms with E-state index in [-0.39, 0.29) is 18.4 Å². The number of carbonyl (C=O) groups excluding carboxylic acids is 2. The van der Waals surface area contributed by atoms with E-state index in [2.05, 4.69) is 5.32 Å². The maximum atomic E-state index is 12.3. The van der Waals surface area contributed by atoms with Crippen molar-refractivity contribution in [1.82, 2.24) is 0 Å². The van der Waals surface area contributed by atoms with Crippen molar-refractivity contribution in [3.05, 3.63) is 57.6 Å². The molecule has 0 fully saturated rings. The molecule has 2 amide bonds. The molecule has 0 unspecified atom stereocenters. The van der Waals surface area contributed by atoms with Gasteiger partial charge in [0.2, 0.25) is 11.8 Å². The summed E-state index contributed by atoms with van der Waals surface area (Å²) >= 11 is 11.8. The highest BCUT2D eigenvalue weighted by atomic mass is 35.5. The largest absolute Gasteiger partial charge is 0.324 e. The molecule has 0 aliphatic carbocycles. The normalized spacial score (nSPS) is 10.4. The quantitative estimate of drug-likeness (QED) is 0.861. The third-order valence-corrected chi connectivity index (χ3v) is 3.91. The first-order valence-electron chi connectivity index (χ1n) is 7.37. The van der Waals surface area contributed by atoms with Gasteiger partial charge >= 0.3 is 0 Å². The summed E-state index contributed by atoms with van der Waals surface area (Å²) in [5, 5.41) is 3.56. The first kappa shape index (κ1) is 18.3. The molecule has 2 aromatic rings. The predicted octanol–water partition coefficient (Wildman–Crippen LogP) is 4.60. The molecule has 0 saturated carbocycles. The van der Waals surface area contributed by atoms with E-state index in [1.54, 1.807) is 18.2 Å². The molecule has 4 nitrogen and oxygen atoms in total. The molecule has 0 aromatic heterocycles. The van der Waals surface area contributed by atoms with E-state index in [0.717, 1.165) is 11.1 Å². The van der Waals surface area contributed by atoms with E-state index in [9.17, 15) is 9.59 Å². The third-order valence-electron chi connectivity index (χ3n) is 3.47. The number of aryl methyl sites for hydroxylation is 2. The molecular formula is C18H18Cl2N2O2. The zero-order valence-electron chi connectivity index (χ0n) is 13.7. The average Bonchev–Trinajstić information content (AvgIpc) is 2.44. The van der Waals surface area contributed by atoms with Crippen molar-refractivity contribution in [3.63, 3.8) is 0 Å². The summed E-state index contributed by atoms with van der Waals surface area (Å²) in [6.07, 6.45) is 0. The molecule has 0 bridgehead atoms. The van der Waals surface area contributed by atoms with Crippen LogP contribution in [0.4, 0.5) is 11.4 Å². The maximum absolute atomic E-state index is 12.3. The van der Waals surface area contributed by atoms with Gasteiger partial charge in [-0.1, -0.05) is 40.9 Å². The molecule has 6 heteroatoms. The molecule has 24 heavy (non-hydrogen) atoms. The van der Waals surface area contributed by atoms with Crippen LogP contribution in [0.3, 0.4) is 0 Å². The fourth-order valence-corrected chi connectivity index (χ4v) is 2.97. The lowest BCUT2D eigenvalue weighted by molar-refractivity contribution is -0.120. The Bertz CT molecular complexity index is 770. The minimum Gasteiger partial charge on any atom is -0.324 e. The Morgan fingerprint density at radius 3 is 2.21 bits per heavy atom. The lowest BCUT2D eigenvalue weighted by Gasteiger charge is -2.23. The van der Waals surface area contributed by atoms with E-state index in [4.69, 9.17) is 23.2 Å². The Labute approximate surface area is 151 Å². The summed E-state index contributed by atoms with van der Waals surface area (Å²) in [6.45, 7) is 5.23. The van der Waals surface area contributed by atoms with Gasteiger partial charge in [0.15, 0.2) is 0 Å². The second-order valence-corrected chi connectivity index (χ2v) is 6.47. The van der Waals surface area contributed by atoms with Crippen LogP contribution in [0, 0.1) is 13.8 Å². The average molecular weight is 365 g/mol. The van der Waals surface area contributed by atoms with Crippen LogP contribution in [-0.4, -0.2) is 18.4 Å². The number of carbonyl (C=O) groups is 2. The smallest absolute Gasteiger partial charge is 0.244 e. The number of rotatable bonds is 4. The van der Waals surface area contributed by atoms with Gasteiger partial charge in [-0.2, -0.15) is 0 Å². The molecule has 2 rings (SSSR count). The summed E-state index contributed by atoms with van der Waals surface area (Å²) in [5.74, 6) is -0.537. The molecule has 0 heterocycles. The molecule has 0 radical (unpaired) electrons. The standard InChI is InChI=1S/C18H18Cl2N2O2/c1-11-4-5-17(12(2)6-11)22(13(3)23)10-18(24)21-16-8-14(19)7-15(20)9-16/h4-9H,10H2,1-3H3,(H,21,24). The van der Waals surface area contributed by atoms with Crippen molar-refractivity contribution >= 4 is 46.4 Å². The van der Waals surface area contributed by atoms with Crippen molar-refractivity contribution in [2.45, 2.75) is 20.8 Å². The van der Waals surface area contributed by atoms with Gasteiger partial charge in [-0.3, -0.25) is 9.59 Å². The monoisotopic (exact) mass is 364 g/mol. The lowest BCUT2D eigenvalue weighted by Crippen LogP contribution is -2.37. The maximum Gasteiger partial charge on any atom is 0.244 e. The topological polar surface area (TPSA) is 49.4 Å². The summed E-state index contributed by atoms with van der Waals surface area (Å²) < 4.78 is 0. The highest BCUT2D eigenvalue weighted by Crippen LogP contribution is 2.24. The number of hydrogen-bond acceptors (Lipinski definition) is 2. The Hall–Kier alpha value is -2.04. The van der Waals surface area contributed by atoms with E-state index >= 15 is 0 Å². The van der Waals surface area contributed by atoms with Gasteiger partial charge in [0, 0.05) is 28.3 Å². The molecule has 126 valence electrons. The number of benzene rings is 2. The van der Waals surface area contributed by atoms with Crippen molar-refractivity contribution in [2.75, 3.05) is 16.8 Å². The van der Waals surface area contributed by atoms with Gasteiger partial charge < -0.3 is 10.2 Å². The molecule has 0 saturated heterocycles. The van der Waals surface area contributed by atoms with E-state index in [1.807, 2.05) is 32.0 Å². The van der Waals surface area contributed by atoms with E-state index in [1.165, 1.54) is 11.8 Å². The molecule has 0 aliphatic rings. The number of amides is 2. The Morgan fingerprint density at radius 2 is 1.67 bits per heavy atom. The molecule has 0 spiro atoms. The fraction of sp³-hybridized carbons (Fsp3) is 0.222. The van der Waals surface area contributed by atoms with E-state index < -0.39 is 0 Å². The Kier molecular flexibility index (Phi) is 5.86. The summed E-state index contributed by atoms with van der Waals surface area (Å²) in [5.41, 5.74) is 3.23. The highest BCUT2D eigenvalue weighted by Gasteiger charge is 2.18. The first-order valence-corrected chi connectivity index (χ1v) is 8.13. The number of halogens is 2. The van der Waals surface area contributed by atoms with Crippen molar-refractivity contribution < 1.29 is 9.59 Å². The van der Waals surface area contributed by atoms with Gasteiger partial charge in [0.05, 0.1) is 0 Å². The zero-order valence-corrected chi connectivity index (χ0v) is 15.2. The van der Waals surface area contributed by atoms with Crippen molar-refractivity contribution in [3.8, 4) is 0 Å². The van der Waals surface area contributed by atoms with Gasteiger partial charge in [0.1, 0.15) is 6.54 Å². The first-order chi connectivity index (χ1) is 11.3. The third kappa shape index (κ3) is 4.73. The molecule has 2 aromatic carbocycles. The summed E-state index contributed by atoms with van der Waals surface area (Å²) in [6, 6.07) is 10.5. The van der Waals surface area contributed by atoms with Crippen LogP contribution in [0.15, 0.2) is 36.4 Å². The van der Waals surface area contributed by atoms with Crippen molar-refractivity contribution in [1.29, 1.82) is 0 Å². The lowest BCUT2D eigenvalue weighted by atomic mass is 10.1. The minimum atomic E-state index is -0.330. The van der Waals surface area contributed by atoms with Crippen LogP contribution in [0.2, 0.25) is 10.0 Å². The summed E-state index contributed by atoms with van der Waals surface area (Å²) in [4.78, 5) is 25.7. The van der Waals surface area contributed by atoms with E-state index in [0.29, 0.717) is 21.4 Å². The second-order valence-electron chi connectivity index (χ2n) is 5.60. The number of hydrogen-bond donors (Lipinski definition) is 1. The fourth-order valence-electron chi connectivity index (χ4n) is 2.44. The zero-order chi connectivity index (χ0) is 17.9. The second kappa shape index (κ2) is 7.69. The molecule has 1 N–H and O–H groups in total. The SMILES string of the molecule is CC(=O)N(CC(=O)Nc1cc(Cl)cc(Cl)c1)c1ccc(C)cc1C. The number of nitrogens with one attached hydrogen (secondary N) is 1. The summed E-state index contributed by atoms with van der Waals surface area (Å²) in [7, 11) is 0. The van der Waals surface area contributed by atoms with Gasteiger partial charge in [-0.15, -0.1) is 0 Å². The van der Waals surface area contributed by atoms with Crippen LogP contribution in [0.5, 0.6) is 0 Å². The molecule has 0 atom stereocenters. The van der Waals surface area contributed by atoms with Crippen LogP contribution < -0.4 is 10.2 Å². The van der Waals surface area contributed by atoms with Gasteiger partial charge in [-0.05, 0) is 43.7 Å². The van der Waals surface area contributed by atoms with Crippen LogP contribution in [0.25, 0.3) is 0 Å². The minimum absolute atomic E-state index is 0.0939. The Morgan fingerprint density at radius 1 is 1.04 bits per heavy atom. The molecular weight excluding hydrogens is 347 g/mol. The number of nitrogens with zero attached hydrogens (tertiary/aromatic N) is 1. The Balaban J connectivity index is 2.18. The predicted molar refractivity (Wildman–Crippen MR) is 99.0 cm³/mol. The van der Waals surface area contributed by atoms with Gasteiger partial charge in [-0.25, -0.2) is 0 Å². The van der Waals surface area contributed by atoms with Crippen LogP contribution >= 0.6 is 23.2 Å². The molecule has 0 aliphatic heterocycles. The number of anilines is 2. The van der Waals surface area contributed by atoms with Crippen LogP contribution in [-0.2, 0) is 9.59 Å². The highest BCUT2D eigenvalue weighted by molar-refractivity contribution is 6.35. The van der Waals surface area contributed by atoms with Crippen LogP contribution in [0.1, 0.15) is 18.1 Å². The van der Waals surface area contributed by atoms with Gasteiger partial charge in [0.25, 0.3) is 0 Å².